The van der Waals surface area contributed by atoms with E-state index >= 15 is 0 Å². The van der Waals surface area contributed by atoms with Gasteiger partial charge in [-0.25, -0.2) is 0 Å². The van der Waals surface area contributed by atoms with Gasteiger partial charge in [-0.3, -0.25) is 20.2 Å². The molecule has 0 aliphatic heterocycles. The summed E-state index contributed by atoms with van der Waals surface area (Å²) in [6.45, 7) is 9.61. The van der Waals surface area contributed by atoms with Crippen LogP contribution in [-0.2, 0) is 0 Å². The highest BCUT2D eigenvalue weighted by atomic mass is 79.9. The van der Waals surface area contributed by atoms with E-state index in [2.05, 4.69) is 53.6 Å². The third-order valence-electron chi connectivity index (χ3n) is 4.56. The lowest BCUT2D eigenvalue weighted by atomic mass is 10.1. The summed E-state index contributed by atoms with van der Waals surface area (Å²) < 4.78 is 11.2. The summed E-state index contributed by atoms with van der Waals surface area (Å²) in [4.78, 5) is 27.7. The summed E-state index contributed by atoms with van der Waals surface area (Å²) in [5, 5.41) is 21.2. The summed E-state index contributed by atoms with van der Waals surface area (Å²) in [7, 11) is 0. The zero-order chi connectivity index (χ0) is 26.5. The van der Waals surface area contributed by atoms with Crippen LogP contribution in [0.5, 0.6) is 11.8 Å². The molecule has 0 saturated heterocycles. The smallest absolute Gasteiger partial charge is 0.312 e. The number of nitrogens with two attached hydrogens (primary N) is 2. The quantitative estimate of drug-likeness (QED) is 0.191. The first-order valence-electron chi connectivity index (χ1n) is 11.2. The molecule has 0 unspecified atom stereocenters. The first-order chi connectivity index (χ1) is 16.4. The Labute approximate surface area is 212 Å². The molecule has 0 spiro atoms. The average Bonchev–Trinajstić information content (AvgIpc) is 2.76. The summed E-state index contributed by atoms with van der Waals surface area (Å²) in [6, 6.07) is 4.07. The third-order valence-corrected chi connectivity index (χ3v) is 5.13. The van der Waals surface area contributed by atoms with Crippen molar-refractivity contribution in [3.05, 3.63) is 42.9 Å². The lowest BCUT2D eigenvalue weighted by molar-refractivity contribution is -0.384. The Hall–Kier alpha value is -3.22. The molecule has 0 amide bonds. The van der Waals surface area contributed by atoms with Crippen LogP contribution < -0.4 is 20.9 Å². The molecule has 2 aromatic rings. The van der Waals surface area contributed by atoms with Gasteiger partial charge in [-0.2, -0.15) is 9.97 Å². The van der Waals surface area contributed by atoms with E-state index in [0.29, 0.717) is 41.3 Å². The number of ether oxygens (including phenoxy) is 2. The van der Waals surface area contributed by atoms with Gasteiger partial charge in [0.05, 0.1) is 27.5 Å². The van der Waals surface area contributed by atoms with E-state index in [1.807, 2.05) is 0 Å². The van der Waals surface area contributed by atoms with E-state index in [1.165, 1.54) is 18.2 Å². The van der Waals surface area contributed by atoms with Crippen molar-refractivity contribution in [3.8, 4) is 11.8 Å². The van der Waals surface area contributed by atoms with Crippen molar-refractivity contribution in [1.82, 2.24) is 9.97 Å². The summed E-state index contributed by atoms with van der Waals surface area (Å²) in [5.74, 6) is 1.62. The van der Waals surface area contributed by atoms with Crippen molar-refractivity contribution in [1.29, 1.82) is 0 Å². The number of pyridine rings is 2. The summed E-state index contributed by atoms with van der Waals surface area (Å²) >= 11 is 3.18. The van der Waals surface area contributed by atoms with Crippen LogP contribution >= 0.6 is 15.9 Å². The van der Waals surface area contributed by atoms with Crippen LogP contribution in [0.4, 0.5) is 23.0 Å². The Balaban J connectivity index is 0.000000351. The number of hydrogen-bond acceptors (Lipinski definition) is 10. The van der Waals surface area contributed by atoms with Gasteiger partial charge in [0.2, 0.25) is 23.4 Å². The molecule has 0 aromatic carbocycles. The largest absolute Gasteiger partial charge is 0.478 e. The maximum atomic E-state index is 10.6. The monoisotopic (exact) mass is 556 g/mol. The molecule has 0 saturated carbocycles. The van der Waals surface area contributed by atoms with Gasteiger partial charge < -0.3 is 20.9 Å². The fourth-order valence-electron chi connectivity index (χ4n) is 2.74. The van der Waals surface area contributed by atoms with Crippen LogP contribution in [0.2, 0.25) is 0 Å². The molecule has 4 N–H and O–H groups in total. The Morgan fingerprint density at radius 1 is 0.886 bits per heavy atom. The molecule has 0 aliphatic carbocycles. The van der Waals surface area contributed by atoms with E-state index in [9.17, 15) is 20.2 Å². The molecular weight excluding hydrogens is 524 g/mol. The van der Waals surface area contributed by atoms with E-state index < -0.39 is 9.85 Å². The molecule has 0 radical (unpaired) electrons. The van der Waals surface area contributed by atoms with Crippen LogP contribution in [-0.4, -0.2) is 33.0 Å². The number of anilines is 2. The van der Waals surface area contributed by atoms with E-state index in [4.69, 9.17) is 20.9 Å². The van der Waals surface area contributed by atoms with Crippen LogP contribution in [0.25, 0.3) is 0 Å². The predicted molar refractivity (Wildman–Crippen MR) is 137 cm³/mol. The number of halogens is 1. The van der Waals surface area contributed by atoms with Gasteiger partial charge in [0.15, 0.2) is 0 Å². The molecule has 0 fully saturated rings. The molecule has 13 heteroatoms. The van der Waals surface area contributed by atoms with Gasteiger partial charge in [-0.15, -0.1) is 0 Å². The van der Waals surface area contributed by atoms with Gasteiger partial charge in [-0.1, -0.05) is 27.7 Å². The van der Waals surface area contributed by atoms with Crippen LogP contribution in [0.15, 0.2) is 22.7 Å². The second-order valence-electron chi connectivity index (χ2n) is 8.52. The van der Waals surface area contributed by atoms with Crippen molar-refractivity contribution in [2.45, 2.75) is 53.4 Å². The number of hydrogen-bond donors (Lipinski definition) is 2. The summed E-state index contributed by atoms with van der Waals surface area (Å²) in [5.41, 5.74) is 10.5. The lowest BCUT2D eigenvalue weighted by Crippen LogP contribution is -2.05. The van der Waals surface area contributed by atoms with Gasteiger partial charge in [0.1, 0.15) is 0 Å². The Morgan fingerprint density at radius 2 is 1.40 bits per heavy atom. The second kappa shape index (κ2) is 14.9. The Bertz CT molecular complexity index is 989. The topological polar surface area (TPSA) is 183 Å². The third kappa shape index (κ3) is 11.2. The van der Waals surface area contributed by atoms with Crippen LogP contribution in [0, 0.1) is 32.1 Å². The molecular formula is C22H33BrN6O6. The maximum absolute atomic E-state index is 10.6. The first kappa shape index (κ1) is 29.8. The highest BCUT2D eigenvalue weighted by molar-refractivity contribution is 9.10. The number of aromatic nitrogens is 2. The van der Waals surface area contributed by atoms with Crippen molar-refractivity contribution in [2.24, 2.45) is 11.8 Å². The van der Waals surface area contributed by atoms with Gasteiger partial charge in [-0.05, 0) is 53.4 Å². The van der Waals surface area contributed by atoms with Crippen molar-refractivity contribution in [2.75, 3.05) is 24.7 Å². The van der Waals surface area contributed by atoms with Crippen LogP contribution in [0.3, 0.4) is 0 Å². The molecule has 0 aliphatic rings. The highest BCUT2D eigenvalue weighted by Gasteiger charge is 2.17. The van der Waals surface area contributed by atoms with Crippen molar-refractivity contribution < 1.29 is 19.3 Å². The number of nitrogen functional groups attached to an aromatic ring is 2. The zero-order valence-electron chi connectivity index (χ0n) is 20.4. The molecule has 2 aromatic heterocycles. The fraction of sp³-hybridized carbons (Fsp3) is 0.545. The minimum absolute atomic E-state index is 0.114. The predicted octanol–water partition coefficient (Wildman–Crippen LogP) is 5.54. The number of nitro groups is 2. The number of nitrogens with zero attached hydrogens (tertiary/aromatic N) is 4. The molecule has 12 nitrogen and oxygen atoms in total. The number of rotatable bonds is 12. The molecule has 0 bridgehead atoms. The first-order valence-corrected chi connectivity index (χ1v) is 12.0. The lowest BCUT2D eigenvalue weighted by Gasteiger charge is -2.09. The fourth-order valence-corrected chi connectivity index (χ4v) is 3.16. The van der Waals surface area contributed by atoms with Crippen LogP contribution in [0.1, 0.15) is 53.4 Å². The Morgan fingerprint density at radius 3 is 1.89 bits per heavy atom. The maximum Gasteiger partial charge on any atom is 0.312 e. The second-order valence-corrected chi connectivity index (χ2v) is 9.37. The molecule has 2 heterocycles. The molecule has 194 valence electrons. The van der Waals surface area contributed by atoms with Gasteiger partial charge >= 0.3 is 11.4 Å². The molecule has 0 atom stereocenters. The van der Waals surface area contributed by atoms with Crippen molar-refractivity contribution >= 4 is 38.9 Å². The summed E-state index contributed by atoms with van der Waals surface area (Å²) in [6.07, 6.45) is 3.96. The van der Waals surface area contributed by atoms with Gasteiger partial charge in [0.25, 0.3) is 0 Å². The standard InChI is InChI=1S/C11H16BrN3O3.C11H17N3O3/c1-7(2)4-3-5-18-11-8(12)6-9(15(16)17)10(13)14-11;1-8(2)4-3-7-17-10-6-5-9(14(15)16)11(12)13-10/h6-7H,3-5H2,1-2H3,(H2,13,14);5-6,8H,3-4,7H2,1-2H3,(H2,12,13). The van der Waals surface area contributed by atoms with Crippen molar-refractivity contribution in [3.63, 3.8) is 0 Å². The zero-order valence-corrected chi connectivity index (χ0v) is 22.0. The van der Waals surface area contributed by atoms with E-state index in [1.54, 1.807) is 0 Å². The SMILES string of the molecule is CC(C)CCCOc1ccc([N+](=O)[O-])c(N)n1.CC(C)CCCOc1nc(N)c([N+](=O)[O-])cc1Br. The normalized spacial score (nSPS) is 10.6. The average molecular weight is 557 g/mol. The molecule has 2 rings (SSSR count). The van der Waals surface area contributed by atoms with E-state index in [0.717, 1.165) is 25.7 Å². The molecule has 35 heavy (non-hydrogen) atoms. The van der Waals surface area contributed by atoms with Gasteiger partial charge in [0, 0.05) is 18.2 Å². The highest BCUT2D eigenvalue weighted by Crippen LogP contribution is 2.31. The van der Waals surface area contributed by atoms with E-state index in [-0.39, 0.29) is 23.0 Å². The minimum Gasteiger partial charge on any atom is -0.478 e. The minimum atomic E-state index is -0.574. The Kier molecular flexibility index (Phi) is 12.7.